The van der Waals surface area contributed by atoms with Crippen LogP contribution >= 0.6 is 15.9 Å². The first-order chi connectivity index (χ1) is 8.51. The van der Waals surface area contributed by atoms with Crippen molar-refractivity contribution in [3.05, 3.63) is 33.9 Å². The Labute approximate surface area is 113 Å². The Morgan fingerprint density at radius 2 is 2.28 bits per heavy atom. The van der Waals surface area contributed by atoms with Gasteiger partial charge in [0.05, 0.1) is 17.6 Å². The van der Waals surface area contributed by atoms with Crippen LogP contribution in [0.5, 0.6) is 5.75 Å². The van der Waals surface area contributed by atoms with Crippen LogP contribution in [0, 0.1) is 10.1 Å². The second kappa shape index (κ2) is 6.34. The molecule has 1 amide bonds. The normalized spacial score (nSPS) is 11.7. The largest absolute Gasteiger partial charge is 0.490 e. The number of carbonyl (C=O) groups excluding carboxylic acids is 1. The summed E-state index contributed by atoms with van der Waals surface area (Å²) < 4.78 is 4.96. The Bertz CT molecular complexity index is 464. The summed E-state index contributed by atoms with van der Waals surface area (Å²) in [6.07, 6.45) is 0. The van der Waals surface area contributed by atoms with E-state index in [1.54, 1.807) is 0 Å². The van der Waals surface area contributed by atoms with Crippen molar-refractivity contribution in [3.63, 3.8) is 0 Å². The van der Waals surface area contributed by atoms with E-state index in [1.807, 2.05) is 6.92 Å². The summed E-state index contributed by atoms with van der Waals surface area (Å²) in [6, 6.07) is 4.15. The average molecular weight is 317 g/mol. The molecule has 18 heavy (non-hydrogen) atoms. The maximum atomic E-state index is 11.9. The summed E-state index contributed by atoms with van der Waals surface area (Å²) in [7, 11) is 1.30. The van der Waals surface area contributed by atoms with Crippen LogP contribution in [0.15, 0.2) is 18.2 Å². The smallest absolute Gasteiger partial charge is 0.311 e. The molecule has 1 rings (SSSR count). The number of halogens is 1. The molecular formula is C11H13BrN2O4. The number of nitrogens with one attached hydrogen (secondary N) is 1. The third-order valence-electron chi connectivity index (χ3n) is 2.25. The average Bonchev–Trinajstić information content (AvgIpc) is 2.37. The third kappa shape index (κ3) is 3.19. The number of para-hydroxylation sites is 1. The lowest BCUT2D eigenvalue weighted by Gasteiger charge is -2.12. The lowest BCUT2D eigenvalue weighted by Crippen LogP contribution is -2.33. The van der Waals surface area contributed by atoms with Crippen molar-refractivity contribution in [2.45, 2.75) is 13.0 Å². The van der Waals surface area contributed by atoms with Crippen LogP contribution in [0.1, 0.15) is 17.3 Å². The lowest BCUT2D eigenvalue weighted by atomic mass is 10.1. The highest BCUT2D eigenvalue weighted by atomic mass is 79.9. The number of benzene rings is 1. The van der Waals surface area contributed by atoms with Crippen molar-refractivity contribution >= 4 is 27.5 Å². The van der Waals surface area contributed by atoms with E-state index in [4.69, 9.17) is 4.74 Å². The fourth-order valence-electron chi connectivity index (χ4n) is 1.40. The van der Waals surface area contributed by atoms with E-state index in [0.717, 1.165) is 0 Å². The Hall–Kier alpha value is -1.63. The van der Waals surface area contributed by atoms with Crippen molar-refractivity contribution in [3.8, 4) is 5.75 Å². The maximum absolute atomic E-state index is 11.9. The van der Waals surface area contributed by atoms with Crippen LogP contribution in [0.25, 0.3) is 0 Å². The minimum atomic E-state index is -0.580. The van der Waals surface area contributed by atoms with Gasteiger partial charge in [-0.1, -0.05) is 22.0 Å². The van der Waals surface area contributed by atoms with Crippen molar-refractivity contribution < 1.29 is 14.5 Å². The molecule has 0 saturated carbocycles. The van der Waals surface area contributed by atoms with Gasteiger partial charge in [0, 0.05) is 17.4 Å². The van der Waals surface area contributed by atoms with Gasteiger partial charge in [-0.25, -0.2) is 0 Å². The number of nitro groups is 1. The number of alkyl halides is 1. The quantitative estimate of drug-likeness (QED) is 0.512. The first kappa shape index (κ1) is 14.4. The van der Waals surface area contributed by atoms with E-state index in [1.165, 1.54) is 25.3 Å². The molecule has 0 fully saturated rings. The van der Waals surface area contributed by atoms with Crippen LogP contribution in [-0.2, 0) is 0 Å². The summed E-state index contributed by atoms with van der Waals surface area (Å²) in [5, 5.41) is 14.1. The van der Waals surface area contributed by atoms with Gasteiger partial charge in [-0.05, 0) is 13.0 Å². The summed E-state index contributed by atoms with van der Waals surface area (Å²) in [4.78, 5) is 22.2. The Morgan fingerprint density at radius 1 is 1.61 bits per heavy atom. The van der Waals surface area contributed by atoms with E-state index >= 15 is 0 Å². The van der Waals surface area contributed by atoms with E-state index < -0.39 is 10.8 Å². The van der Waals surface area contributed by atoms with E-state index in [9.17, 15) is 14.9 Å². The Kier molecular flexibility index (Phi) is 5.08. The summed E-state index contributed by atoms with van der Waals surface area (Å²) in [5.74, 6) is -0.427. The number of hydrogen-bond donors (Lipinski definition) is 1. The molecule has 6 nitrogen and oxygen atoms in total. The first-order valence-electron chi connectivity index (χ1n) is 5.19. The van der Waals surface area contributed by atoms with Gasteiger partial charge in [0.1, 0.15) is 0 Å². The van der Waals surface area contributed by atoms with Gasteiger partial charge in [-0.2, -0.15) is 0 Å². The molecule has 0 bridgehead atoms. The predicted octanol–water partition coefficient (Wildman–Crippen LogP) is 2.12. The molecule has 0 saturated heterocycles. The fraction of sp³-hybridized carbons (Fsp3) is 0.364. The molecular weight excluding hydrogens is 304 g/mol. The number of carbonyl (C=O) groups is 1. The number of nitro benzene ring substituents is 1. The van der Waals surface area contributed by atoms with Gasteiger partial charge in [0.2, 0.25) is 5.75 Å². The second-order valence-corrected chi connectivity index (χ2v) is 4.29. The van der Waals surface area contributed by atoms with Crippen LogP contribution in [0.4, 0.5) is 5.69 Å². The minimum absolute atomic E-state index is 0.0261. The topological polar surface area (TPSA) is 81.5 Å². The minimum Gasteiger partial charge on any atom is -0.490 e. The molecule has 0 spiro atoms. The molecule has 0 aliphatic rings. The maximum Gasteiger partial charge on any atom is 0.311 e. The molecule has 7 heteroatoms. The fourth-order valence-corrected chi connectivity index (χ4v) is 1.56. The molecule has 1 aromatic carbocycles. The standard InChI is InChI=1S/C11H13BrN2O4/c1-7(6-12)13-11(15)8-4-3-5-9(14(16)17)10(8)18-2/h3-5,7H,6H2,1-2H3,(H,13,15). The van der Waals surface area contributed by atoms with Crippen molar-refractivity contribution in [1.82, 2.24) is 5.32 Å². The van der Waals surface area contributed by atoms with Crippen LogP contribution < -0.4 is 10.1 Å². The van der Waals surface area contributed by atoms with E-state index in [0.29, 0.717) is 5.33 Å². The van der Waals surface area contributed by atoms with Crippen LogP contribution in [-0.4, -0.2) is 29.3 Å². The summed E-state index contributed by atoms with van der Waals surface area (Å²) in [5.41, 5.74) is -0.0730. The molecule has 0 aliphatic heterocycles. The zero-order valence-electron chi connectivity index (χ0n) is 9.97. The highest BCUT2D eigenvalue weighted by molar-refractivity contribution is 9.09. The number of methoxy groups -OCH3 is 1. The van der Waals surface area contributed by atoms with E-state index in [2.05, 4.69) is 21.2 Å². The molecule has 1 aromatic rings. The molecule has 1 atom stereocenters. The molecule has 1 N–H and O–H groups in total. The summed E-state index contributed by atoms with van der Waals surface area (Å²) in [6.45, 7) is 1.82. The third-order valence-corrected chi connectivity index (χ3v) is 3.22. The van der Waals surface area contributed by atoms with Crippen molar-refractivity contribution in [1.29, 1.82) is 0 Å². The first-order valence-corrected chi connectivity index (χ1v) is 6.31. The predicted molar refractivity (Wildman–Crippen MR) is 70.4 cm³/mol. The Morgan fingerprint density at radius 3 is 2.78 bits per heavy atom. The highest BCUT2D eigenvalue weighted by Crippen LogP contribution is 2.30. The van der Waals surface area contributed by atoms with Crippen LogP contribution in [0.3, 0.4) is 0 Å². The SMILES string of the molecule is COc1c(C(=O)NC(C)CBr)cccc1[N+](=O)[O-]. The molecule has 98 valence electrons. The van der Waals surface area contributed by atoms with Crippen molar-refractivity contribution in [2.75, 3.05) is 12.4 Å². The summed E-state index contributed by atoms with van der Waals surface area (Å²) >= 11 is 3.23. The monoisotopic (exact) mass is 316 g/mol. The number of nitrogens with zero attached hydrogens (tertiary/aromatic N) is 1. The lowest BCUT2D eigenvalue weighted by molar-refractivity contribution is -0.385. The van der Waals surface area contributed by atoms with E-state index in [-0.39, 0.29) is 23.0 Å². The zero-order valence-corrected chi connectivity index (χ0v) is 11.6. The molecule has 0 aliphatic carbocycles. The van der Waals surface area contributed by atoms with Gasteiger partial charge < -0.3 is 10.1 Å². The zero-order chi connectivity index (χ0) is 13.7. The van der Waals surface area contributed by atoms with Crippen molar-refractivity contribution in [2.24, 2.45) is 0 Å². The molecule has 0 heterocycles. The van der Waals surface area contributed by atoms with Gasteiger partial charge in [-0.3, -0.25) is 14.9 Å². The number of rotatable bonds is 5. The van der Waals surface area contributed by atoms with Gasteiger partial charge in [0.15, 0.2) is 0 Å². The van der Waals surface area contributed by atoms with Gasteiger partial charge in [0.25, 0.3) is 5.91 Å². The molecule has 0 radical (unpaired) electrons. The molecule has 1 unspecified atom stereocenters. The second-order valence-electron chi connectivity index (χ2n) is 3.64. The van der Waals surface area contributed by atoms with Gasteiger partial charge >= 0.3 is 5.69 Å². The Balaban J connectivity index is 3.12. The van der Waals surface area contributed by atoms with Crippen LogP contribution in [0.2, 0.25) is 0 Å². The molecule has 0 aromatic heterocycles. The number of hydrogen-bond acceptors (Lipinski definition) is 4. The highest BCUT2D eigenvalue weighted by Gasteiger charge is 2.22. The number of ether oxygens (including phenoxy) is 1. The number of amides is 1. The van der Waals surface area contributed by atoms with Gasteiger partial charge in [-0.15, -0.1) is 0 Å².